The summed E-state index contributed by atoms with van der Waals surface area (Å²) in [6.45, 7) is 0.614. The van der Waals surface area contributed by atoms with Crippen LogP contribution in [-0.2, 0) is 19.9 Å². The highest BCUT2D eigenvalue weighted by atomic mass is 32.2. The van der Waals surface area contributed by atoms with Gasteiger partial charge in [-0.05, 0) is 25.0 Å². The minimum Gasteiger partial charge on any atom is -0.329 e. The zero-order valence-corrected chi connectivity index (χ0v) is 13.5. The van der Waals surface area contributed by atoms with Crippen LogP contribution in [0, 0.1) is 0 Å². The van der Waals surface area contributed by atoms with E-state index in [0.29, 0.717) is 13.0 Å². The fourth-order valence-electron chi connectivity index (χ4n) is 2.62. The lowest BCUT2D eigenvalue weighted by atomic mass is 10.1. The van der Waals surface area contributed by atoms with Crippen molar-refractivity contribution >= 4 is 19.9 Å². The zero-order chi connectivity index (χ0) is 15.7. The average Bonchev–Trinajstić information content (AvgIpc) is 2.46. The van der Waals surface area contributed by atoms with E-state index in [1.165, 1.54) is 28.6 Å². The fraction of sp³-hybridized carbons (Fsp3) is 0.538. The van der Waals surface area contributed by atoms with Crippen LogP contribution in [0.1, 0.15) is 19.3 Å². The molecule has 6 nitrogen and oxygen atoms in total. The summed E-state index contributed by atoms with van der Waals surface area (Å²) in [6.07, 6.45) is 3.41. The highest BCUT2D eigenvalue weighted by Crippen LogP contribution is 2.28. The number of hydrogen-bond donors (Lipinski definition) is 1. The van der Waals surface area contributed by atoms with E-state index in [4.69, 9.17) is 5.73 Å². The Kier molecular flexibility index (Phi) is 4.72. The number of benzene rings is 1. The molecule has 0 aromatic heterocycles. The van der Waals surface area contributed by atoms with E-state index >= 15 is 0 Å². The van der Waals surface area contributed by atoms with Crippen LogP contribution in [0.25, 0.3) is 0 Å². The molecule has 0 spiro atoms. The number of sulfonamides is 1. The Morgan fingerprint density at radius 1 is 1.14 bits per heavy atom. The lowest BCUT2D eigenvalue weighted by molar-refractivity contribution is 0.257. The number of hydrogen-bond acceptors (Lipinski definition) is 5. The summed E-state index contributed by atoms with van der Waals surface area (Å²) in [5.41, 5.74) is 5.67. The van der Waals surface area contributed by atoms with Crippen molar-refractivity contribution < 1.29 is 16.8 Å². The van der Waals surface area contributed by atoms with Crippen LogP contribution in [0.5, 0.6) is 0 Å². The van der Waals surface area contributed by atoms with E-state index in [0.717, 1.165) is 19.1 Å². The second kappa shape index (κ2) is 6.04. The molecule has 2 rings (SSSR count). The van der Waals surface area contributed by atoms with Crippen molar-refractivity contribution in [1.29, 1.82) is 0 Å². The van der Waals surface area contributed by atoms with Gasteiger partial charge in [0.2, 0.25) is 10.0 Å². The summed E-state index contributed by atoms with van der Waals surface area (Å²) in [4.78, 5) is -0.320. The van der Waals surface area contributed by atoms with Crippen molar-refractivity contribution in [3.05, 3.63) is 24.3 Å². The van der Waals surface area contributed by atoms with Crippen molar-refractivity contribution in [2.45, 2.75) is 35.1 Å². The van der Waals surface area contributed by atoms with Gasteiger partial charge in [-0.3, -0.25) is 0 Å². The summed E-state index contributed by atoms with van der Waals surface area (Å²) in [7, 11) is -7.48. The third kappa shape index (κ3) is 3.28. The molecule has 8 heteroatoms. The van der Waals surface area contributed by atoms with Gasteiger partial charge in [0.25, 0.3) is 0 Å². The highest BCUT2D eigenvalue weighted by molar-refractivity contribution is 7.93. The van der Waals surface area contributed by atoms with Crippen LogP contribution in [0.15, 0.2) is 34.1 Å². The molecular weight excluding hydrogens is 312 g/mol. The van der Waals surface area contributed by atoms with Gasteiger partial charge in [0.1, 0.15) is 4.90 Å². The molecule has 1 aromatic rings. The lowest BCUT2D eigenvalue weighted by Gasteiger charge is -2.34. The van der Waals surface area contributed by atoms with E-state index in [1.807, 2.05) is 0 Å². The number of sulfone groups is 1. The third-order valence-corrected chi connectivity index (χ3v) is 6.97. The van der Waals surface area contributed by atoms with Crippen molar-refractivity contribution in [2.75, 3.05) is 19.3 Å². The topological polar surface area (TPSA) is 97.5 Å². The Bertz CT molecular complexity index is 713. The maximum absolute atomic E-state index is 12.8. The van der Waals surface area contributed by atoms with Gasteiger partial charge >= 0.3 is 0 Å². The molecule has 2 N–H and O–H groups in total. The molecule has 0 radical (unpaired) electrons. The molecule has 0 amide bonds. The van der Waals surface area contributed by atoms with Crippen LogP contribution in [-0.4, -0.2) is 46.5 Å². The van der Waals surface area contributed by atoms with Crippen molar-refractivity contribution in [1.82, 2.24) is 4.31 Å². The predicted octanol–water partition coefficient (Wildman–Crippen LogP) is 0.592. The maximum atomic E-state index is 12.8. The molecule has 21 heavy (non-hydrogen) atoms. The van der Waals surface area contributed by atoms with E-state index in [9.17, 15) is 16.8 Å². The maximum Gasteiger partial charge on any atom is 0.244 e. The minimum atomic E-state index is -3.86. The Balaban J connectivity index is 2.55. The Hall–Kier alpha value is -0.960. The zero-order valence-electron chi connectivity index (χ0n) is 11.9. The van der Waals surface area contributed by atoms with Gasteiger partial charge in [0.05, 0.1) is 4.90 Å². The number of rotatable bonds is 4. The van der Waals surface area contributed by atoms with Gasteiger partial charge in [-0.25, -0.2) is 16.8 Å². The largest absolute Gasteiger partial charge is 0.329 e. The molecule has 1 aliphatic heterocycles. The molecular formula is C13H20N2O4S2. The van der Waals surface area contributed by atoms with Crippen LogP contribution < -0.4 is 5.73 Å². The van der Waals surface area contributed by atoms with Gasteiger partial charge in [0, 0.05) is 25.4 Å². The molecule has 0 aliphatic carbocycles. The van der Waals surface area contributed by atoms with Crippen molar-refractivity contribution in [2.24, 2.45) is 5.73 Å². The van der Waals surface area contributed by atoms with Crippen molar-refractivity contribution in [3.63, 3.8) is 0 Å². The smallest absolute Gasteiger partial charge is 0.244 e. The highest BCUT2D eigenvalue weighted by Gasteiger charge is 2.35. The monoisotopic (exact) mass is 332 g/mol. The van der Waals surface area contributed by atoms with Crippen LogP contribution in [0.4, 0.5) is 0 Å². The number of nitrogens with two attached hydrogens (primary N) is 1. The Labute approximate surface area is 125 Å². The van der Waals surface area contributed by atoms with Gasteiger partial charge in [-0.2, -0.15) is 4.31 Å². The summed E-state index contributed by atoms with van der Waals surface area (Å²) < 4.78 is 50.7. The van der Waals surface area contributed by atoms with Crippen LogP contribution in [0.2, 0.25) is 0 Å². The lowest BCUT2D eigenvalue weighted by Crippen LogP contribution is -2.47. The van der Waals surface area contributed by atoms with Crippen molar-refractivity contribution in [3.8, 4) is 0 Å². The van der Waals surface area contributed by atoms with Crippen LogP contribution >= 0.6 is 0 Å². The molecule has 1 aromatic carbocycles. The van der Waals surface area contributed by atoms with Crippen LogP contribution in [0.3, 0.4) is 0 Å². The molecule has 1 fully saturated rings. The molecule has 1 heterocycles. The summed E-state index contributed by atoms with van der Waals surface area (Å²) in [5, 5.41) is 0. The molecule has 1 unspecified atom stereocenters. The van der Waals surface area contributed by atoms with Gasteiger partial charge in [0.15, 0.2) is 9.84 Å². The van der Waals surface area contributed by atoms with E-state index in [1.54, 1.807) is 0 Å². The average molecular weight is 332 g/mol. The molecule has 0 saturated carbocycles. The van der Waals surface area contributed by atoms with Gasteiger partial charge in [-0.1, -0.05) is 18.6 Å². The molecule has 1 saturated heterocycles. The van der Waals surface area contributed by atoms with E-state index in [-0.39, 0.29) is 22.4 Å². The quantitative estimate of drug-likeness (QED) is 0.870. The first-order chi connectivity index (χ1) is 9.78. The first-order valence-electron chi connectivity index (χ1n) is 6.79. The minimum absolute atomic E-state index is 0.159. The molecule has 0 bridgehead atoms. The summed E-state index contributed by atoms with van der Waals surface area (Å²) >= 11 is 0. The SMILES string of the molecule is CS(=O)(=O)c1ccccc1S(=O)(=O)N1CCCCC1CN. The van der Waals surface area contributed by atoms with E-state index < -0.39 is 19.9 Å². The second-order valence-electron chi connectivity index (χ2n) is 5.22. The second-order valence-corrected chi connectivity index (χ2v) is 9.06. The fourth-order valence-corrected chi connectivity index (χ4v) is 5.93. The Morgan fingerprint density at radius 3 is 2.33 bits per heavy atom. The predicted molar refractivity (Wildman–Crippen MR) is 80.1 cm³/mol. The number of nitrogens with zero attached hydrogens (tertiary/aromatic N) is 1. The summed E-state index contributed by atoms with van der Waals surface area (Å²) in [5.74, 6) is 0. The molecule has 118 valence electrons. The third-order valence-electron chi connectivity index (χ3n) is 3.68. The van der Waals surface area contributed by atoms with Gasteiger partial charge < -0.3 is 5.73 Å². The summed E-state index contributed by atoms with van der Waals surface area (Å²) in [6, 6.07) is 5.45. The first-order valence-corrected chi connectivity index (χ1v) is 10.1. The van der Waals surface area contributed by atoms with Gasteiger partial charge in [-0.15, -0.1) is 0 Å². The standard InChI is InChI=1S/C13H20N2O4S2/c1-20(16,17)12-7-2-3-8-13(12)21(18,19)15-9-5-4-6-11(15)10-14/h2-3,7-8,11H,4-6,9-10,14H2,1H3. The van der Waals surface area contributed by atoms with E-state index in [2.05, 4.69) is 0 Å². The Morgan fingerprint density at radius 2 is 1.76 bits per heavy atom. The molecule has 1 atom stereocenters. The number of piperidine rings is 1. The normalized spacial score (nSPS) is 21.3. The molecule has 1 aliphatic rings. The first kappa shape index (κ1) is 16.4.